The third-order valence-corrected chi connectivity index (χ3v) is 5.79. The smallest absolute Gasteiger partial charge is 0.407 e. The first-order valence-corrected chi connectivity index (χ1v) is 11.0. The lowest BCUT2D eigenvalue weighted by Gasteiger charge is -2.17. The molecule has 3 rings (SSSR count). The average molecular weight is 439 g/mol. The monoisotopic (exact) mass is 438 g/mol. The summed E-state index contributed by atoms with van der Waals surface area (Å²) in [6, 6.07) is 15.3. The van der Waals surface area contributed by atoms with Gasteiger partial charge in [0.25, 0.3) is 0 Å². The van der Waals surface area contributed by atoms with Gasteiger partial charge in [0.05, 0.1) is 0 Å². The lowest BCUT2D eigenvalue weighted by atomic mass is 9.98. The van der Waals surface area contributed by atoms with Crippen molar-refractivity contribution in [1.82, 2.24) is 10.6 Å². The molecule has 1 aliphatic carbocycles. The number of carboxylic acids is 1. The Labute approximate surface area is 188 Å². The van der Waals surface area contributed by atoms with Crippen LogP contribution in [-0.2, 0) is 14.3 Å². The second-order valence-electron chi connectivity index (χ2n) is 8.13. The van der Waals surface area contributed by atoms with Crippen LogP contribution in [0.25, 0.3) is 11.1 Å². The summed E-state index contributed by atoms with van der Waals surface area (Å²) >= 11 is 0. The number of alkyl carbamates (subject to hydrolysis) is 1. The number of aliphatic carboxylic acids is 1. The number of amides is 2. The van der Waals surface area contributed by atoms with E-state index in [2.05, 4.69) is 34.9 Å². The largest absolute Gasteiger partial charge is 0.480 e. The van der Waals surface area contributed by atoms with Gasteiger partial charge in [0, 0.05) is 18.4 Å². The molecule has 1 aliphatic rings. The van der Waals surface area contributed by atoms with Crippen LogP contribution in [0.15, 0.2) is 48.5 Å². The zero-order valence-electron chi connectivity index (χ0n) is 18.5. The first-order chi connectivity index (χ1) is 15.4. The Hall–Kier alpha value is -3.35. The normalized spacial score (nSPS) is 14.1. The highest BCUT2D eigenvalue weighted by molar-refractivity contribution is 5.83. The van der Waals surface area contributed by atoms with Gasteiger partial charge in [-0.25, -0.2) is 9.59 Å². The van der Waals surface area contributed by atoms with Crippen LogP contribution in [0.1, 0.15) is 56.6 Å². The molecule has 32 heavy (non-hydrogen) atoms. The topological polar surface area (TPSA) is 105 Å². The summed E-state index contributed by atoms with van der Waals surface area (Å²) in [6.45, 7) is 3.81. The van der Waals surface area contributed by atoms with Crippen molar-refractivity contribution in [2.24, 2.45) is 0 Å². The molecule has 0 saturated heterocycles. The molecule has 0 bridgehead atoms. The van der Waals surface area contributed by atoms with E-state index in [1.54, 1.807) is 6.92 Å². The molecule has 7 heteroatoms. The molecule has 170 valence electrons. The van der Waals surface area contributed by atoms with E-state index in [9.17, 15) is 14.4 Å². The van der Waals surface area contributed by atoms with Crippen LogP contribution < -0.4 is 10.6 Å². The Balaban J connectivity index is 1.43. The minimum Gasteiger partial charge on any atom is -0.480 e. The van der Waals surface area contributed by atoms with E-state index >= 15 is 0 Å². The number of fused-ring (bicyclic) bond motifs is 3. The van der Waals surface area contributed by atoms with E-state index in [4.69, 9.17) is 9.84 Å². The molecule has 2 aromatic carbocycles. The summed E-state index contributed by atoms with van der Waals surface area (Å²) in [5.74, 6) is -1.33. The standard InChI is InChI=1S/C25H30N2O5/c1-3-22(24(29)30)27-23(28)14-8-9-16(2)26-25(31)32-15-21-19-12-6-4-10-17(19)18-11-5-7-13-20(18)21/h4-7,10-13,16,21-22H,3,8-9,14-15H2,1-2H3,(H,26,31)(H,27,28)(H,29,30)/t16?,22-/m0/s1. The molecule has 0 aromatic heterocycles. The molecule has 0 aliphatic heterocycles. The fourth-order valence-electron chi connectivity index (χ4n) is 4.09. The van der Waals surface area contributed by atoms with Gasteiger partial charge in [-0.2, -0.15) is 0 Å². The predicted molar refractivity (Wildman–Crippen MR) is 121 cm³/mol. The van der Waals surface area contributed by atoms with E-state index in [-0.39, 0.29) is 30.9 Å². The molecular formula is C25H30N2O5. The summed E-state index contributed by atoms with van der Waals surface area (Å²) in [5.41, 5.74) is 4.67. The quantitative estimate of drug-likeness (QED) is 0.519. The number of ether oxygens (including phenoxy) is 1. The Morgan fingerprint density at radius 3 is 2.16 bits per heavy atom. The first-order valence-electron chi connectivity index (χ1n) is 11.0. The maximum Gasteiger partial charge on any atom is 0.407 e. The third kappa shape index (κ3) is 5.66. The van der Waals surface area contributed by atoms with E-state index < -0.39 is 18.1 Å². The number of benzene rings is 2. The molecule has 0 spiro atoms. The SMILES string of the molecule is CC[C@H](NC(=O)CCCC(C)NC(=O)OCC1c2ccccc2-c2ccccc21)C(=O)O. The third-order valence-electron chi connectivity index (χ3n) is 5.79. The lowest BCUT2D eigenvalue weighted by Crippen LogP contribution is -2.40. The van der Waals surface area contributed by atoms with Crippen LogP contribution in [0, 0.1) is 0 Å². The molecule has 2 atom stereocenters. The molecule has 0 heterocycles. The van der Waals surface area contributed by atoms with Crippen LogP contribution >= 0.6 is 0 Å². The van der Waals surface area contributed by atoms with Crippen LogP contribution in [0.2, 0.25) is 0 Å². The number of hydrogen-bond donors (Lipinski definition) is 3. The Bertz CT molecular complexity index is 929. The van der Waals surface area contributed by atoms with E-state index in [0.29, 0.717) is 19.3 Å². The van der Waals surface area contributed by atoms with Crippen LogP contribution in [0.5, 0.6) is 0 Å². The Morgan fingerprint density at radius 1 is 1.00 bits per heavy atom. The second kappa shape index (κ2) is 10.8. The molecule has 1 unspecified atom stereocenters. The number of carbonyl (C=O) groups is 3. The number of hydrogen-bond acceptors (Lipinski definition) is 4. The lowest BCUT2D eigenvalue weighted by molar-refractivity contribution is -0.141. The highest BCUT2D eigenvalue weighted by atomic mass is 16.5. The van der Waals surface area contributed by atoms with Crippen molar-refractivity contribution < 1.29 is 24.2 Å². The first kappa shape index (κ1) is 23.3. The van der Waals surface area contributed by atoms with Gasteiger partial charge in [-0.1, -0.05) is 55.5 Å². The highest BCUT2D eigenvalue weighted by Crippen LogP contribution is 2.44. The number of rotatable bonds is 10. The van der Waals surface area contributed by atoms with Crippen LogP contribution in [0.4, 0.5) is 4.79 Å². The number of nitrogens with one attached hydrogen (secondary N) is 2. The highest BCUT2D eigenvalue weighted by Gasteiger charge is 2.29. The fraction of sp³-hybridized carbons (Fsp3) is 0.400. The van der Waals surface area contributed by atoms with E-state index in [1.807, 2.05) is 31.2 Å². The van der Waals surface area contributed by atoms with E-state index in [1.165, 1.54) is 11.1 Å². The summed E-state index contributed by atoms with van der Waals surface area (Å²) in [7, 11) is 0. The van der Waals surface area contributed by atoms with Gasteiger partial charge in [-0.3, -0.25) is 4.79 Å². The van der Waals surface area contributed by atoms with Gasteiger partial charge in [-0.15, -0.1) is 0 Å². The average Bonchev–Trinajstić information content (AvgIpc) is 3.09. The van der Waals surface area contributed by atoms with Gasteiger partial charge in [0.15, 0.2) is 0 Å². The molecule has 2 aromatic rings. The van der Waals surface area contributed by atoms with E-state index in [0.717, 1.165) is 11.1 Å². The molecule has 3 N–H and O–H groups in total. The zero-order chi connectivity index (χ0) is 23.1. The Morgan fingerprint density at radius 2 is 1.59 bits per heavy atom. The minimum atomic E-state index is -1.04. The zero-order valence-corrected chi connectivity index (χ0v) is 18.5. The fourth-order valence-corrected chi connectivity index (χ4v) is 4.09. The van der Waals surface area contributed by atoms with Crippen molar-refractivity contribution in [3.8, 4) is 11.1 Å². The maximum atomic E-state index is 12.3. The van der Waals surface area contributed by atoms with Gasteiger partial charge in [-0.05, 0) is 48.4 Å². The second-order valence-corrected chi connectivity index (χ2v) is 8.13. The van der Waals surface area contributed by atoms with Gasteiger partial charge < -0.3 is 20.5 Å². The van der Waals surface area contributed by atoms with Crippen molar-refractivity contribution >= 4 is 18.0 Å². The molecule has 7 nitrogen and oxygen atoms in total. The Kier molecular flexibility index (Phi) is 7.87. The molecule has 0 radical (unpaired) electrons. The van der Waals surface area contributed by atoms with Crippen LogP contribution in [0.3, 0.4) is 0 Å². The molecule has 0 saturated carbocycles. The van der Waals surface area contributed by atoms with Gasteiger partial charge in [0.1, 0.15) is 12.6 Å². The summed E-state index contributed by atoms with van der Waals surface area (Å²) < 4.78 is 5.54. The maximum absolute atomic E-state index is 12.3. The molecule has 0 fully saturated rings. The predicted octanol–water partition coefficient (Wildman–Crippen LogP) is 4.06. The minimum absolute atomic E-state index is 0.00731. The summed E-state index contributed by atoms with van der Waals surface area (Å²) in [6.07, 6.45) is 1.18. The molecule has 2 amide bonds. The number of carbonyl (C=O) groups excluding carboxylic acids is 2. The summed E-state index contributed by atoms with van der Waals surface area (Å²) in [5, 5.41) is 14.3. The van der Waals surface area contributed by atoms with Crippen molar-refractivity contribution in [3.63, 3.8) is 0 Å². The van der Waals surface area contributed by atoms with Gasteiger partial charge >= 0.3 is 12.1 Å². The van der Waals surface area contributed by atoms with Gasteiger partial charge in [0.2, 0.25) is 5.91 Å². The van der Waals surface area contributed by atoms with Crippen molar-refractivity contribution in [1.29, 1.82) is 0 Å². The van der Waals surface area contributed by atoms with Crippen molar-refractivity contribution in [3.05, 3.63) is 59.7 Å². The van der Waals surface area contributed by atoms with Crippen molar-refractivity contribution in [2.45, 2.75) is 57.5 Å². The van der Waals surface area contributed by atoms with Crippen molar-refractivity contribution in [2.75, 3.05) is 6.61 Å². The number of carboxylic acid groups (broad SMARTS) is 1. The van der Waals surface area contributed by atoms with Crippen LogP contribution in [-0.4, -0.2) is 41.8 Å². The molecular weight excluding hydrogens is 408 g/mol. The summed E-state index contributed by atoms with van der Waals surface area (Å²) in [4.78, 5) is 35.2.